The molecule has 0 saturated carbocycles. The van der Waals surface area contributed by atoms with Gasteiger partial charge in [-0.25, -0.2) is 4.68 Å². The van der Waals surface area contributed by atoms with Crippen molar-refractivity contribution >= 4 is 22.6 Å². The Morgan fingerprint density at radius 3 is 3.21 bits per heavy atom. The molecule has 3 heterocycles. The van der Waals surface area contributed by atoms with Gasteiger partial charge in [-0.2, -0.15) is 5.10 Å². The molecule has 124 valence electrons. The van der Waals surface area contributed by atoms with Crippen LogP contribution in [0, 0.1) is 0 Å². The number of anilines is 1. The molecule has 1 aliphatic heterocycles. The smallest absolute Gasteiger partial charge is 0.255 e. The predicted molar refractivity (Wildman–Crippen MR) is 87.7 cm³/mol. The molecule has 0 spiro atoms. The van der Waals surface area contributed by atoms with Gasteiger partial charge in [0.15, 0.2) is 0 Å². The standard InChI is InChI=1S/C16H18N6O2/c1-21-15-5-4-11(7-14(15)19-20-21)16(23)18-12-8-17-22(9-12)10-13-3-2-6-24-13/h4-5,7-9,13H,2-3,6,10H2,1H3,(H,18,23). The summed E-state index contributed by atoms with van der Waals surface area (Å²) in [7, 11) is 1.82. The molecule has 0 aliphatic carbocycles. The van der Waals surface area contributed by atoms with Crippen molar-refractivity contribution in [2.45, 2.75) is 25.5 Å². The van der Waals surface area contributed by atoms with Gasteiger partial charge in [-0.05, 0) is 31.0 Å². The first-order chi connectivity index (χ1) is 11.7. The van der Waals surface area contributed by atoms with Crippen LogP contribution in [-0.2, 0) is 18.3 Å². The van der Waals surface area contributed by atoms with Crippen LogP contribution in [0.2, 0.25) is 0 Å². The zero-order chi connectivity index (χ0) is 16.5. The lowest BCUT2D eigenvalue weighted by Gasteiger charge is -2.08. The van der Waals surface area contributed by atoms with Crippen LogP contribution in [0.1, 0.15) is 23.2 Å². The van der Waals surface area contributed by atoms with Gasteiger partial charge >= 0.3 is 0 Å². The number of aryl methyl sites for hydroxylation is 1. The van der Waals surface area contributed by atoms with E-state index in [9.17, 15) is 4.79 Å². The van der Waals surface area contributed by atoms with Crippen molar-refractivity contribution in [3.8, 4) is 0 Å². The van der Waals surface area contributed by atoms with E-state index < -0.39 is 0 Å². The number of nitrogens with one attached hydrogen (secondary N) is 1. The highest BCUT2D eigenvalue weighted by Crippen LogP contribution is 2.16. The number of hydrogen-bond donors (Lipinski definition) is 1. The highest BCUT2D eigenvalue weighted by atomic mass is 16.5. The Bertz CT molecular complexity index is 878. The minimum Gasteiger partial charge on any atom is -0.376 e. The van der Waals surface area contributed by atoms with Gasteiger partial charge in [-0.1, -0.05) is 5.21 Å². The lowest BCUT2D eigenvalue weighted by Crippen LogP contribution is -2.15. The molecule has 1 saturated heterocycles. The van der Waals surface area contributed by atoms with Crippen LogP contribution in [0.3, 0.4) is 0 Å². The first kappa shape index (κ1) is 14.8. The molecule has 3 aromatic rings. The average Bonchev–Trinajstić information content (AvgIpc) is 3.31. The van der Waals surface area contributed by atoms with E-state index in [1.165, 1.54) is 0 Å². The molecule has 1 atom stereocenters. The number of fused-ring (bicyclic) bond motifs is 1. The minimum atomic E-state index is -0.195. The fourth-order valence-electron chi connectivity index (χ4n) is 2.91. The number of benzene rings is 1. The number of nitrogens with zero attached hydrogens (tertiary/aromatic N) is 5. The maximum Gasteiger partial charge on any atom is 0.255 e. The van der Waals surface area contributed by atoms with Crippen LogP contribution in [0.5, 0.6) is 0 Å². The summed E-state index contributed by atoms with van der Waals surface area (Å²) in [6, 6.07) is 5.33. The lowest BCUT2D eigenvalue weighted by molar-refractivity contribution is 0.0940. The van der Waals surface area contributed by atoms with Crippen LogP contribution < -0.4 is 5.32 Å². The Labute approximate surface area is 138 Å². The van der Waals surface area contributed by atoms with Crippen LogP contribution in [0.25, 0.3) is 11.0 Å². The molecule has 24 heavy (non-hydrogen) atoms. The number of ether oxygens (including phenoxy) is 1. The zero-order valence-corrected chi connectivity index (χ0v) is 13.3. The van der Waals surface area contributed by atoms with Crippen molar-refractivity contribution < 1.29 is 9.53 Å². The lowest BCUT2D eigenvalue weighted by atomic mass is 10.2. The average molecular weight is 326 g/mol. The van der Waals surface area contributed by atoms with Crippen LogP contribution >= 0.6 is 0 Å². The van der Waals surface area contributed by atoms with E-state index in [1.807, 2.05) is 19.3 Å². The number of aromatic nitrogens is 5. The van der Waals surface area contributed by atoms with E-state index >= 15 is 0 Å². The normalized spacial score (nSPS) is 17.5. The van der Waals surface area contributed by atoms with Crippen LogP contribution in [0.4, 0.5) is 5.69 Å². The third-order valence-electron chi connectivity index (χ3n) is 4.18. The SMILES string of the molecule is Cn1nnc2cc(C(=O)Nc3cnn(CC4CCCO4)c3)ccc21. The fourth-order valence-corrected chi connectivity index (χ4v) is 2.91. The first-order valence-corrected chi connectivity index (χ1v) is 7.94. The van der Waals surface area contributed by atoms with Gasteiger partial charge in [-0.15, -0.1) is 5.10 Å². The summed E-state index contributed by atoms with van der Waals surface area (Å²) in [4.78, 5) is 12.4. The van der Waals surface area contributed by atoms with Crippen LogP contribution in [0.15, 0.2) is 30.6 Å². The zero-order valence-electron chi connectivity index (χ0n) is 13.3. The maximum absolute atomic E-state index is 12.4. The molecule has 4 rings (SSSR count). The van der Waals surface area contributed by atoms with E-state index in [-0.39, 0.29) is 12.0 Å². The first-order valence-electron chi connectivity index (χ1n) is 7.94. The Kier molecular flexibility index (Phi) is 3.73. The number of carbonyl (C=O) groups is 1. The molecule has 1 amide bonds. The molecule has 0 radical (unpaired) electrons. The molecule has 0 bridgehead atoms. The molecule has 1 N–H and O–H groups in total. The highest BCUT2D eigenvalue weighted by molar-refractivity contribution is 6.05. The van der Waals surface area contributed by atoms with Gasteiger partial charge in [0.1, 0.15) is 5.52 Å². The largest absolute Gasteiger partial charge is 0.376 e. The van der Waals surface area contributed by atoms with E-state index in [0.29, 0.717) is 23.3 Å². The van der Waals surface area contributed by atoms with Gasteiger partial charge in [0.2, 0.25) is 0 Å². The minimum absolute atomic E-state index is 0.195. The van der Waals surface area contributed by atoms with E-state index in [2.05, 4.69) is 20.7 Å². The monoisotopic (exact) mass is 326 g/mol. The molecule has 2 aromatic heterocycles. The van der Waals surface area contributed by atoms with Gasteiger partial charge in [0.25, 0.3) is 5.91 Å². The molecular weight excluding hydrogens is 308 g/mol. The van der Waals surface area contributed by atoms with Gasteiger partial charge in [0.05, 0.1) is 30.0 Å². The fraction of sp³-hybridized carbons (Fsp3) is 0.375. The van der Waals surface area contributed by atoms with E-state index in [1.54, 1.807) is 27.7 Å². The molecule has 1 aromatic carbocycles. The second kappa shape index (κ2) is 6.04. The van der Waals surface area contributed by atoms with Gasteiger partial charge in [-0.3, -0.25) is 9.48 Å². The van der Waals surface area contributed by atoms with Gasteiger partial charge < -0.3 is 10.1 Å². The second-order valence-electron chi connectivity index (χ2n) is 5.96. The van der Waals surface area contributed by atoms with Crippen molar-refractivity contribution in [2.24, 2.45) is 7.05 Å². The summed E-state index contributed by atoms with van der Waals surface area (Å²) in [5.74, 6) is -0.195. The molecule has 8 nitrogen and oxygen atoms in total. The summed E-state index contributed by atoms with van der Waals surface area (Å²) in [5.41, 5.74) is 2.78. The quantitative estimate of drug-likeness (QED) is 0.787. The number of carbonyl (C=O) groups excluding carboxylic acids is 1. The van der Waals surface area contributed by atoms with E-state index in [4.69, 9.17) is 4.74 Å². The van der Waals surface area contributed by atoms with Crippen molar-refractivity contribution in [1.29, 1.82) is 0 Å². The third-order valence-corrected chi connectivity index (χ3v) is 4.18. The summed E-state index contributed by atoms with van der Waals surface area (Å²) in [5, 5.41) is 15.1. The van der Waals surface area contributed by atoms with Gasteiger partial charge in [0, 0.05) is 25.4 Å². The Hall–Kier alpha value is -2.74. The number of rotatable bonds is 4. The summed E-state index contributed by atoms with van der Waals surface area (Å²) >= 11 is 0. The van der Waals surface area contributed by atoms with Crippen molar-refractivity contribution in [3.63, 3.8) is 0 Å². The van der Waals surface area contributed by atoms with Crippen LogP contribution in [-0.4, -0.2) is 43.4 Å². The third kappa shape index (κ3) is 2.88. The van der Waals surface area contributed by atoms with Crippen molar-refractivity contribution in [2.75, 3.05) is 11.9 Å². The topological polar surface area (TPSA) is 86.9 Å². The second-order valence-corrected chi connectivity index (χ2v) is 5.96. The molecular formula is C16H18N6O2. The molecule has 1 aliphatic rings. The van der Waals surface area contributed by atoms with E-state index in [0.717, 1.165) is 25.0 Å². The number of hydrogen-bond acceptors (Lipinski definition) is 5. The van der Waals surface area contributed by atoms with Crippen molar-refractivity contribution in [3.05, 3.63) is 36.2 Å². The summed E-state index contributed by atoms with van der Waals surface area (Å²) < 4.78 is 9.07. The molecule has 8 heteroatoms. The summed E-state index contributed by atoms with van der Waals surface area (Å²) in [6.07, 6.45) is 5.83. The van der Waals surface area contributed by atoms with Crippen molar-refractivity contribution in [1.82, 2.24) is 24.8 Å². The highest BCUT2D eigenvalue weighted by Gasteiger charge is 2.17. The Balaban J connectivity index is 1.45. The predicted octanol–water partition coefficient (Wildman–Crippen LogP) is 1.60. The number of amides is 1. The molecule has 1 fully saturated rings. The summed E-state index contributed by atoms with van der Waals surface area (Å²) in [6.45, 7) is 1.53. The Morgan fingerprint density at radius 1 is 1.46 bits per heavy atom. The maximum atomic E-state index is 12.4. The molecule has 1 unspecified atom stereocenters. The Morgan fingerprint density at radius 2 is 2.38 bits per heavy atom.